The first-order valence-corrected chi connectivity index (χ1v) is 20.5. The van der Waals surface area contributed by atoms with Gasteiger partial charge < -0.3 is 30.1 Å². The molecule has 7 rings (SSSR count). The van der Waals surface area contributed by atoms with Crippen molar-refractivity contribution in [2.45, 2.75) is 30.0 Å². The minimum absolute atomic E-state index is 0.0475. The van der Waals surface area contributed by atoms with E-state index in [1.165, 1.54) is 28.0 Å². The molecular weight excluding hydrogens is 794 g/mol. The Morgan fingerprint density at radius 1 is 0.949 bits per heavy atom. The number of nitrogens with zero attached hydrogens (tertiary/aromatic N) is 3. The average Bonchev–Trinajstić information content (AvgIpc) is 3.75. The average molecular weight is 834 g/mol. The van der Waals surface area contributed by atoms with Crippen LogP contribution in [0.5, 0.6) is 5.75 Å². The molecule has 0 radical (unpaired) electrons. The Morgan fingerprint density at radius 3 is 2.15 bits per heavy atom. The molecule has 1 saturated heterocycles. The van der Waals surface area contributed by atoms with Crippen LogP contribution in [0, 0.1) is 0 Å². The van der Waals surface area contributed by atoms with Gasteiger partial charge in [0.1, 0.15) is 40.7 Å². The molecular formula is C44H40FN5O7S2. The van der Waals surface area contributed by atoms with Gasteiger partial charge >= 0.3 is 5.97 Å². The molecule has 302 valence electrons. The van der Waals surface area contributed by atoms with E-state index in [4.69, 9.17) is 19.3 Å². The number of thioether (sulfide) groups is 1. The lowest BCUT2D eigenvalue weighted by molar-refractivity contribution is -0.153. The molecule has 0 unspecified atom stereocenters. The second-order valence-electron chi connectivity index (χ2n) is 13.3. The zero-order valence-corrected chi connectivity index (χ0v) is 33.5. The molecule has 59 heavy (non-hydrogen) atoms. The summed E-state index contributed by atoms with van der Waals surface area (Å²) in [6, 6.07) is 35.7. The molecule has 4 aromatic carbocycles. The number of β-lactam (4-membered cyclic amide) rings is 1. The highest BCUT2D eigenvalue weighted by Gasteiger charge is 2.54. The van der Waals surface area contributed by atoms with Crippen molar-refractivity contribution in [2.24, 2.45) is 5.16 Å². The summed E-state index contributed by atoms with van der Waals surface area (Å²) in [4.78, 5) is 52.3. The smallest absolute Gasteiger partial charge is 0.355 e. The van der Waals surface area contributed by atoms with E-state index in [9.17, 15) is 23.9 Å². The molecule has 2 amide bonds. The Hall–Kier alpha value is -6.29. The van der Waals surface area contributed by atoms with Gasteiger partial charge in [-0.1, -0.05) is 120 Å². The van der Waals surface area contributed by atoms with Crippen molar-refractivity contribution in [2.75, 3.05) is 31.6 Å². The predicted molar refractivity (Wildman–Crippen MR) is 224 cm³/mol. The number of hydrogen-bond acceptors (Lipinski definition) is 12. The lowest BCUT2D eigenvalue weighted by Gasteiger charge is -2.49. The zero-order chi connectivity index (χ0) is 41.2. The molecule has 3 heterocycles. The Morgan fingerprint density at radius 2 is 1.58 bits per heavy atom. The number of methoxy groups -OCH3 is 1. The van der Waals surface area contributed by atoms with Crippen LogP contribution in [-0.2, 0) is 36.1 Å². The lowest BCUT2D eigenvalue weighted by Crippen LogP contribution is -2.71. The van der Waals surface area contributed by atoms with Crippen LogP contribution in [-0.4, -0.2) is 76.2 Å². The third-order valence-corrected chi connectivity index (χ3v) is 11.9. The topological polar surface area (TPSA) is 152 Å². The molecule has 15 heteroatoms. The third-order valence-electron chi connectivity index (χ3n) is 9.77. The Bertz CT molecular complexity index is 2240. The van der Waals surface area contributed by atoms with Crippen LogP contribution in [0.25, 0.3) is 0 Å². The number of alkyl halides is 1. The molecule has 0 spiro atoms. The van der Waals surface area contributed by atoms with Gasteiger partial charge in [-0.05, 0) is 46.4 Å². The number of amides is 2. The molecule has 5 aromatic rings. The number of aliphatic hydroxyl groups is 1. The number of anilines is 1. The maximum Gasteiger partial charge on any atom is 0.355 e. The maximum absolute atomic E-state index is 14.0. The number of nitrogens with one attached hydrogen (secondary N) is 2. The van der Waals surface area contributed by atoms with Gasteiger partial charge in [-0.2, -0.15) is 0 Å². The summed E-state index contributed by atoms with van der Waals surface area (Å²) < 4.78 is 24.3. The number of aromatic nitrogens is 1. The van der Waals surface area contributed by atoms with Crippen LogP contribution in [0.1, 0.15) is 34.4 Å². The van der Waals surface area contributed by atoms with Gasteiger partial charge in [0.2, 0.25) is 0 Å². The second-order valence-corrected chi connectivity index (χ2v) is 15.2. The van der Waals surface area contributed by atoms with Crippen LogP contribution in [0.2, 0.25) is 0 Å². The van der Waals surface area contributed by atoms with Gasteiger partial charge in [-0.25, -0.2) is 14.2 Å². The molecule has 0 bridgehead atoms. The van der Waals surface area contributed by atoms with Gasteiger partial charge in [0, 0.05) is 11.1 Å². The number of halogens is 1. The molecule has 2 atom stereocenters. The first kappa shape index (κ1) is 40.9. The van der Waals surface area contributed by atoms with E-state index in [1.807, 2.05) is 91.0 Å². The van der Waals surface area contributed by atoms with Crippen molar-refractivity contribution in [3.05, 3.63) is 172 Å². The maximum atomic E-state index is 14.0. The minimum atomic E-state index is -1.31. The predicted octanol–water partition coefficient (Wildman–Crippen LogP) is 6.54. The molecule has 2 aliphatic heterocycles. The number of allylic oxidation sites excluding steroid dienone is 1. The van der Waals surface area contributed by atoms with Crippen LogP contribution in [0.4, 0.5) is 9.52 Å². The van der Waals surface area contributed by atoms with Crippen molar-refractivity contribution in [3.8, 4) is 5.75 Å². The molecule has 0 saturated carbocycles. The van der Waals surface area contributed by atoms with Crippen LogP contribution >= 0.6 is 23.1 Å². The number of esters is 1. The Kier molecular flexibility index (Phi) is 13.2. The van der Waals surface area contributed by atoms with Gasteiger partial charge in [0.05, 0.1) is 13.7 Å². The number of thiazole rings is 1. The zero-order valence-electron chi connectivity index (χ0n) is 31.8. The molecule has 1 aromatic heterocycles. The van der Waals surface area contributed by atoms with Crippen LogP contribution in [0.15, 0.2) is 149 Å². The first-order valence-electron chi connectivity index (χ1n) is 18.6. The molecule has 1 fully saturated rings. The fourth-order valence-corrected chi connectivity index (χ4v) is 9.06. The van der Waals surface area contributed by atoms with Gasteiger partial charge in [0.25, 0.3) is 18.7 Å². The van der Waals surface area contributed by atoms with Gasteiger partial charge in [-0.15, -0.1) is 23.1 Å². The fraction of sp³-hybridized carbons (Fsp3) is 0.205. The van der Waals surface area contributed by atoms with Crippen molar-refractivity contribution < 1.29 is 38.2 Å². The standard InChI is InChI=1S/C44H40FN5O7S2/c1-55-34-22-20-29(21-23-34)25-56-42(54)38-30(13-11-12-24-51)26-58-41-37(40(53)50(38)41)47-39(52)36(49-57-28-45)35-27-59-43(46-35)48-44(31-14-5-2-6-15-31,32-16-7-3-8-17-32)33-18-9-4-10-19-33/h2-12,14-23,27,37,41,51H,13,24-26,28H2,1H3,(H,46,48)(H,47,52)/b12-11+,49-36-/t37-,41-/m1/s1. The van der Waals surface area contributed by atoms with E-state index in [-0.39, 0.29) is 30.3 Å². The molecule has 2 aliphatic rings. The Labute approximate surface area is 348 Å². The van der Waals surface area contributed by atoms with Crippen molar-refractivity contribution >= 4 is 51.7 Å². The number of ether oxygens (including phenoxy) is 2. The number of oxime groups is 1. The summed E-state index contributed by atoms with van der Waals surface area (Å²) in [5, 5.41) is 20.8. The molecule has 3 N–H and O–H groups in total. The van der Waals surface area contributed by atoms with E-state index in [1.54, 1.807) is 48.9 Å². The first-order chi connectivity index (χ1) is 28.9. The summed E-state index contributed by atoms with van der Waals surface area (Å²) in [5.41, 5.74) is 3.08. The van der Waals surface area contributed by atoms with Gasteiger partial charge in [-0.3, -0.25) is 14.5 Å². The normalized spacial score (nSPS) is 16.6. The van der Waals surface area contributed by atoms with Crippen LogP contribution in [0.3, 0.4) is 0 Å². The number of benzene rings is 4. The van der Waals surface area contributed by atoms with E-state index >= 15 is 0 Å². The summed E-state index contributed by atoms with van der Waals surface area (Å²) in [7, 11) is 1.56. The highest BCUT2D eigenvalue weighted by molar-refractivity contribution is 8.00. The highest BCUT2D eigenvalue weighted by Crippen LogP contribution is 2.43. The SMILES string of the molecule is COc1ccc(COC(=O)C2=C(C/C=C/CO)CS[C@@H]3[C@H](NC(=O)/C(=N\OCF)c4csc(NC(c5ccccc5)(c5ccccc5)c5ccccc5)n4)C(=O)N23)cc1. The van der Waals surface area contributed by atoms with Crippen molar-refractivity contribution in [3.63, 3.8) is 0 Å². The summed E-state index contributed by atoms with van der Waals surface area (Å²) in [6.45, 7) is -1.54. The summed E-state index contributed by atoms with van der Waals surface area (Å²) >= 11 is 2.58. The van der Waals surface area contributed by atoms with Crippen LogP contribution < -0.4 is 15.4 Å². The summed E-state index contributed by atoms with van der Waals surface area (Å²) in [5.74, 6) is -1.06. The number of carbonyl (C=O) groups is 3. The Balaban J connectivity index is 1.13. The van der Waals surface area contributed by atoms with E-state index < -0.39 is 41.6 Å². The number of rotatable bonds is 17. The monoisotopic (exact) mass is 833 g/mol. The number of carbonyl (C=O) groups excluding carboxylic acids is 3. The van der Waals surface area contributed by atoms with E-state index in [2.05, 4.69) is 15.8 Å². The quantitative estimate of drug-likeness (QED) is 0.0235. The number of aliphatic hydroxyl groups excluding tert-OH is 1. The largest absolute Gasteiger partial charge is 0.497 e. The second kappa shape index (κ2) is 19.0. The van der Waals surface area contributed by atoms with E-state index in [0.717, 1.165) is 22.3 Å². The van der Waals surface area contributed by atoms with Crippen molar-refractivity contribution in [1.29, 1.82) is 0 Å². The summed E-state index contributed by atoms with van der Waals surface area (Å²) in [6.07, 6.45) is 3.56. The number of hydrogen-bond donors (Lipinski definition) is 3. The van der Waals surface area contributed by atoms with E-state index in [0.29, 0.717) is 28.6 Å². The number of fused-ring (bicyclic) bond motifs is 1. The van der Waals surface area contributed by atoms with Crippen molar-refractivity contribution in [1.82, 2.24) is 15.2 Å². The van der Waals surface area contributed by atoms with Gasteiger partial charge in [0.15, 0.2) is 10.8 Å². The minimum Gasteiger partial charge on any atom is -0.497 e. The fourth-order valence-electron chi connectivity index (χ4n) is 6.95. The third kappa shape index (κ3) is 8.77. The molecule has 0 aliphatic carbocycles. The highest BCUT2D eigenvalue weighted by atomic mass is 32.2. The molecule has 12 nitrogen and oxygen atoms in total. The lowest BCUT2D eigenvalue weighted by atomic mass is 9.77.